The molecule has 0 radical (unpaired) electrons. The van der Waals surface area contributed by atoms with E-state index in [0.717, 1.165) is 18.3 Å². The molecule has 1 fully saturated rings. The van der Waals surface area contributed by atoms with Gasteiger partial charge in [-0.15, -0.1) is 0 Å². The minimum Gasteiger partial charge on any atom is -0.383 e. The van der Waals surface area contributed by atoms with Gasteiger partial charge in [0.2, 0.25) is 0 Å². The molecule has 0 aliphatic heterocycles. The third-order valence-corrected chi connectivity index (χ3v) is 3.83. The number of nitro groups is 1. The van der Waals surface area contributed by atoms with Crippen LogP contribution < -0.4 is 5.32 Å². The number of anilines is 1. The summed E-state index contributed by atoms with van der Waals surface area (Å²) in [5.41, 5.74) is 1.68. The standard InChI is InChI=1S/C14H21N3O2/c1-10-4-5-12(8-14(10)17(18)19)15-9-11(2)16(3)13-6-7-13/h4-5,8,11,13,15H,6-7,9H2,1-3H3. The molecule has 1 unspecified atom stereocenters. The number of hydrogen-bond acceptors (Lipinski definition) is 4. The van der Waals surface area contributed by atoms with Crippen LogP contribution in [0.3, 0.4) is 0 Å². The van der Waals surface area contributed by atoms with Crippen LogP contribution >= 0.6 is 0 Å². The van der Waals surface area contributed by atoms with Gasteiger partial charge >= 0.3 is 0 Å². The highest BCUT2D eigenvalue weighted by atomic mass is 16.6. The van der Waals surface area contributed by atoms with E-state index in [1.807, 2.05) is 6.07 Å². The average Bonchev–Trinajstić information content (AvgIpc) is 3.20. The molecule has 0 aromatic heterocycles. The Morgan fingerprint density at radius 1 is 1.53 bits per heavy atom. The van der Waals surface area contributed by atoms with Gasteiger partial charge in [0, 0.05) is 35.9 Å². The minimum absolute atomic E-state index is 0.174. The summed E-state index contributed by atoms with van der Waals surface area (Å²) >= 11 is 0. The second-order valence-electron chi connectivity index (χ2n) is 5.38. The summed E-state index contributed by atoms with van der Waals surface area (Å²) < 4.78 is 0. The minimum atomic E-state index is -0.333. The summed E-state index contributed by atoms with van der Waals surface area (Å²) in [6.07, 6.45) is 2.58. The summed E-state index contributed by atoms with van der Waals surface area (Å²) in [5.74, 6) is 0. The Hall–Kier alpha value is -1.62. The lowest BCUT2D eigenvalue weighted by molar-refractivity contribution is -0.385. The van der Waals surface area contributed by atoms with Crippen molar-refractivity contribution in [2.75, 3.05) is 18.9 Å². The van der Waals surface area contributed by atoms with Crippen LogP contribution in [0.1, 0.15) is 25.3 Å². The Balaban J connectivity index is 1.95. The predicted molar refractivity (Wildman–Crippen MR) is 76.6 cm³/mol. The van der Waals surface area contributed by atoms with Crippen LogP contribution in [0.15, 0.2) is 18.2 Å². The lowest BCUT2D eigenvalue weighted by atomic mass is 10.2. The van der Waals surface area contributed by atoms with Crippen molar-refractivity contribution in [3.05, 3.63) is 33.9 Å². The first kappa shape index (κ1) is 13.8. The quantitative estimate of drug-likeness (QED) is 0.633. The van der Waals surface area contributed by atoms with Crippen molar-refractivity contribution in [3.63, 3.8) is 0 Å². The van der Waals surface area contributed by atoms with Crippen LogP contribution in [0, 0.1) is 17.0 Å². The molecule has 5 heteroatoms. The summed E-state index contributed by atoms with van der Waals surface area (Å²) in [4.78, 5) is 12.9. The molecule has 1 aliphatic rings. The van der Waals surface area contributed by atoms with Crippen LogP contribution in [0.25, 0.3) is 0 Å². The van der Waals surface area contributed by atoms with E-state index in [1.165, 1.54) is 12.8 Å². The zero-order chi connectivity index (χ0) is 14.0. The first-order chi connectivity index (χ1) is 8.99. The van der Waals surface area contributed by atoms with Gasteiger partial charge in [0.1, 0.15) is 0 Å². The van der Waals surface area contributed by atoms with Gasteiger partial charge in [-0.1, -0.05) is 6.07 Å². The fourth-order valence-electron chi connectivity index (χ4n) is 2.17. The maximum absolute atomic E-state index is 10.9. The Kier molecular flexibility index (Phi) is 4.04. The molecule has 1 aliphatic carbocycles. The van der Waals surface area contributed by atoms with Crippen molar-refractivity contribution < 1.29 is 4.92 Å². The predicted octanol–water partition coefficient (Wildman–Crippen LogP) is 2.80. The van der Waals surface area contributed by atoms with Crippen LogP contribution in [-0.2, 0) is 0 Å². The summed E-state index contributed by atoms with van der Waals surface area (Å²) in [7, 11) is 2.14. The van der Waals surface area contributed by atoms with E-state index in [-0.39, 0.29) is 10.6 Å². The number of rotatable bonds is 6. The molecular formula is C14H21N3O2. The molecule has 0 saturated heterocycles. The van der Waals surface area contributed by atoms with Crippen molar-refractivity contribution in [2.24, 2.45) is 0 Å². The van der Waals surface area contributed by atoms with Crippen molar-refractivity contribution in [1.29, 1.82) is 0 Å². The average molecular weight is 263 g/mol. The number of nitro benzene ring substituents is 1. The molecular weight excluding hydrogens is 242 g/mol. The number of hydrogen-bond donors (Lipinski definition) is 1. The monoisotopic (exact) mass is 263 g/mol. The van der Waals surface area contributed by atoms with Gasteiger partial charge in [-0.2, -0.15) is 0 Å². The first-order valence-corrected chi connectivity index (χ1v) is 6.70. The number of likely N-dealkylation sites (N-methyl/N-ethyl adjacent to an activating group) is 1. The molecule has 1 saturated carbocycles. The maximum Gasteiger partial charge on any atom is 0.274 e. The lowest BCUT2D eigenvalue weighted by Gasteiger charge is -2.25. The van der Waals surface area contributed by atoms with E-state index < -0.39 is 0 Å². The van der Waals surface area contributed by atoms with Gasteiger partial charge in [0.15, 0.2) is 0 Å². The second kappa shape index (κ2) is 5.57. The van der Waals surface area contributed by atoms with Crippen LogP contribution in [-0.4, -0.2) is 35.5 Å². The van der Waals surface area contributed by atoms with Crippen LogP contribution in [0.4, 0.5) is 11.4 Å². The zero-order valence-corrected chi connectivity index (χ0v) is 11.7. The van der Waals surface area contributed by atoms with Crippen LogP contribution in [0.5, 0.6) is 0 Å². The van der Waals surface area contributed by atoms with Gasteiger partial charge in [-0.05, 0) is 39.8 Å². The molecule has 2 rings (SSSR count). The molecule has 1 N–H and O–H groups in total. The first-order valence-electron chi connectivity index (χ1n) is 6.70. The van der Waals surface area contributed by atoms with Gasteiger partial charge in [-0.25, -0.2) is 0 Å². The molecule has 1 aromatic rings. The Morgan fingerprint density at radius 3 is 2.79 bits per heavy atom. The molecule has 1 aromatic carbocycles. The van der Waals surface area contributed by atoms with Gasteiger partial charge in [0.05, 0.1) is 4.92 Å². The number of nitrogens with zero attached hydrogens (tertiary/aromatic N) is 2. The fourth-order valence-corrected chi connectivity index (χ4v) is 2.17. The van der Waals surface area contributed by atoms with E-state index in [1.54, 1.807) is 19.1 Å². The Morgan fingerprint density at radius 2 is 2.21 bits per heavy atom. The molecule has 1 atom stereocenters. The molecule has 19 heavy (non-hydrogen) atoms. The molecule has 104 valence electrons. The molecule has 0 spiro atoms. The molecule has 0 heterocycles. The number of aryl methyl sites for hydroxylation is 1. The van der Waals surface area contributed by atoms with Gasteiger partial charge < -0.3 is 5.32 Å². The summed E-state index contributed by atoms with van der Waals surface area (Å²) in [5, 5.41) is 14.2. The smallest absolute Gasteiger partial charge is 0.274 e. The number of benzene rings is 1. The van der Waals surface area contributed by atoms with E-state index in [4.69, 9.17) is 0 Å². The van der Waals surface area contributed by atoms with Crippen molar-refractivity contribution in [1.82, 2.24) is 4.90 Å². The number of nitrogens with one attached hydrogen (secondary N) is 1. The molecule has 5 nitrogen and oxygen atoms in total. The third-order valence-electron chi connectivity index (χ3n) is 3.83. The summed E-state index contributed by atoms with van der Waals surface area (Å²) in [6.45, 7) is 4.73. The highest BCUT2D eigenvalue weighted by Crippen LogP contribution is 2.27. The van der Waals surface area contributed by atoms with Crippen molar-refractivity contribution in [3.8, 4) is 0 Å². The third kappa shape index (κ3) is 3.44. The fraction of sp³-hybridized carbons (Fsp3) is 0.571. The highest BCUT2D eigenvalue weighted by Gasteiger charge is 2.28. The van der Waals surface area contributed by atoms with Crippen molar-refractivity contribution >= 4 is 11.4 Å². The van der Waals surface area contributed by atoms with Gasteiger partial charge in [0.25, 0.3) is 5.69 Å². The SMILES string of the molecule is Cc1ccc(NCC(C)N(C)C2CC2)cc1[N+](=O)[O-]. The Bertz CT molecular complexity index is 472. The highest BCUT2D eigenvalue weighted by molar-refractivity contribution is 5.54. The van der Waals surface area contributed by atoms with E-state index in [9.17, 15) is 10.1 Å². The maximum atomic E-state index is 10.9. The molecule has 0 amide bonds. The summed E-state index contributed by atoms with van der Waals surface area (Å²) in [6, 6.07) is 6.44. The van der Waals surface area contributed by atoms with E-state index in [2.05, 4.69) is 24.2 Å². The van der Waals surface area contributed by atoms with Gasteiger partial charge in [-0.3, -0.25) is 15.0 Å². The zero-order valence-electron chi connectivity index (χ0n) is 11.7. The normalized spacial score (nSPS) is 16.4. The second-order valence-corrected chi connectivity index (χ2v) is 5.38. The van der Waals surface area contributed by atoms with Crippen molar-refractivity contribution in [2.45, 2.75) is 38.8 Å². The van der Waals surface area contributed by atoms with E-state index in [0.29, 0.717) is 11.6 Å². The largest absolute Gasteiger partial charge is 0.383 e. The Labute approximate surface area is 113 Å². The topological polar surface area (TPSA) is 58.4 Å². The lowest BCUT2D eigenvalue weighted by Crippen LogP contribution is -2.36. The van der Waals surface area contributed by atoms with E-state index >= 15 is 0 Å². The van der Waals surface area contributed by atoms with Crippen LogP contribution in [0.2, 0.25) is 0 Å². The molecule has 0 bridgehead atoms.